The van der Waals surface area contributed by atoms with Crippen LogP contribution in [0.1, 0.15) is 48.4 Å². The van der Waals surface area contributed by atoms with E-state index in [1.807, 2.05) is 52.1 Å². The second-order valence-electron chi connectivity index (χ2n) is 5.33. The molecule has 2 aliphatic heterocycles. The van der Waals surface area contributed by atoms with Crippen LogP contribution in [0.3, 0.4) is 0 Å². The fourth-order valence-corrected chi connectivity index (χ4v) is 9.39. The quantitative estimate of drug-likeness (QED) is 0.592. The second-order valence-corrected chi connectivity index (χ2v) is 9.89. The molecule has 0 N–H and O–H groups in total. The maximum absolute atomic E-state index is 12.5. The number of amides is 2. The molecule has 19 heavy (non-hydrogen) atoms. The van der Waals surface area contributed by atoms with Gasteiger partial charge in [-0.05, 0) is 0 Å². The van der Waals surface area contributed by atoms with Crippen LogP contribution in [-0.4, -0.2) is 30.1 Å². The van der Waals surface area contributed by atoms with Crippen molar-refractivity contribution in [1.29, 1.82) is 0 Å². The van der Waals surface area contributed by atoms with Gasteiger partial charge in [-0.1, -0.05) is 0 Å². The first-order valence-electron chi connectivity index (χ1n) is 6.45. The van der Waals surface area contributed by atoms with Crippen LogP contribution >= 0.6 is 20.4 Å². The summed E-state index contributed by atoms with van der Waals surface area (Å²) in [6, 6.07) is 5.84. The summed E-state index contributed by atoms with van der Waals surface area (Å²) in [5.74, 6) is 0.213. The van der Waals surface area contributed by atoms with E-state index in [4.69, 9.17) is 0 Å². The van der Waals surface area contributed by atoms with Gasteiger partial charge >= 0.3 is 121 Å². The molecule has 0 fully saturated rings. The van der Waals surface area contributed by atoms with Gasteiger partial charge in [-0.3, -0.25) is 0 Å². The molecule has 0 aromatic heterocycles. The minimum atomic E-state index is -2.07. The number of nitrogens with zero attached hydrogens (tertiary/aromatic N) is 2. The second kappa shape index (κ2) is 4.19. The number of carbonyl (C=O) groups is 2. The third kappa shape index (κ3) is 1.57. The van der Waals surface area contributed by atoms with Crippen molar-refractivity contribution in [3.63, 3.8) is 0 Å². The molecule has 0 spiro atoms. The molecule has 2 aliphatic rings. The minimum absolute atomic E-state index is 0.107. The van der Waals surface area contributed by atoms with Crippen molar-refractivity contribution in [1.82, 2.24) is 6.23 Å². The van der Waals surface area contributed by atoms with Crippen molar-refractivity contribution in [3.8, 4) is 0 Å². The normalized spacial score (nSPS) is 19.2. The Labute approximate surface area is 120 Å². The average Bonchev–Trinajstić information content (AvgIpc) is 2.78. The summed E-state index contributed by atoms with van der Waals surface area (Å²) >= 11 is -2.07. The molecule has 0 radical (unpaired) electrons. The van der Waals surface area contributed by atoms with E-state index in [2.05, 4.69) is 0 Å². The third-order valence-electron chi connectivity index (χ3n) is 3.27. The summed E-state index contributed by atoms with van der Waals surface area (Å²) < 4.78 is 5.01. The summed E-state index contributed by atoms with van der Waals surface area (Å²) in [6.45, 7) is 8.12. The zero-order chi connectivity index (χ0) is 13.9. The van der Waals surface area contributed by atoms with Crippen LogP contribution in [0.25, 0.3) is 0 Å². The van der Waals surface area contributed by atoms with Gasteiger partial charge in [0.05, 0.1) is 0 Å². The molecule has 2 amide bonds. The molecular formula is C14H17IN2O2. The van der Waals surface area contributed by atoms with Crippen LogP contribution < -0.4 is 0 Å². The van der Waals surface area contributed by atoms with E-state index in [-0.39, 0.29) is 23.9 Å². The Bertz CT molecular complexity index is 537. The summed E-state index contributed by atoms with van der Waals surface area (Å²) in [6.07, 6.45) is 0. The van der Waals surface area contributed by atoms with Crippen molar-refractivity contribution in [3.05, 3.63) is 32.9 Å². The van der Waals surface area contributed by atoms with E-state index >= 15 is 0 Å². The number of carbonyl (C=O) groups excluding carboxylic acids is 2. The number of halogens is 1. The van der Waals surface area contributed by atoms with Gasteiger partial charge in [-0.2, -0.15) is 0 Å². The Kier molecular flexibility index (Phi) is 2.85. The Hall–Kier alpha value is -1.11. The van der Waals surface area contributed by atoms with Crippen molar-refractivity contribution in [2.24, 2.45) is 0 Å². The molecule has 0 bridgehead atoms. The van der Waals surface area contributed by atoms with E-state index in [0.29, 0.717) is 0 Å². The molecule has 0 atom stereocenters. The predicted molar refractivity (Wildman–Crippen MR) is 81.8 cm³/mol. The number of hydrogen-bond donors (Lipinski definition) is 0. The average molecular weight is 372 g/mol. The fraction of sp³-hybridized carbons (Fsp3) is 0.429. The molecule has 1 aromatic rings. The summed E-state index contributed by atoms with van der Waals surface area (Å²) in [7, 11) is 0. The molecule has 0 saturated carbocycles. The van der Waals surface area contributed by atoms with Gasteiger partial charge in [0.15, 0.2) is 0 Å². The summed E-state index contributed by atoms with van der Waals surface area (Å²) in [5.41, 5.74) is 1.51. The SMILES string of the molecule is CC(C)N1C(=O)c2cccc3c2I1N(C(C)C)C3=O. The number of hydrogen-bond acceptors (Lipinski definition) is 2. The van der Waals surface area contributed by atoms with Crippen LogP contribution in [0.5, 0.6) is 0 Å². The Morgan fingerprint density at radius 3 is 1.68 bits per heavy atom. The Morgan fingerprint density at radius 1 is 0.895 bits per heavy atom. The molecule has 4 nitrogen and oxygen atoms in total. The van der Waals surface area contributed by atoms with E-state index in [0.717, 1.165) is 14.7 Å². The number of rotatable bonds is 2. The van der Waals surface area contributed by atoms with Crippen molar-refractivity contribution in [2.45, 2.75) is 39.8 Å². The standard InChI is InChI=1S/C14H17IN2O2/c1-8(2)16-13(18)10-6-5-7-11-12(10)15(16)17(9(3)4)14(11)19/h5-9H,1-4H3. The van der Waals surface area contributed by atoms with Gasteiger partial charge in [-0.25, -0.2) is 0 Å². The van der Waals surface area contributed by atoms with Crippen LogP contribution in [0.15, 0.2) is 18.2 Å². The van der Waals surface area contributed by atoms with Crippen LogP contribution in [0, 0.1) is 3.57 Å². The first kappa shape index (κ1) is 12.9. The maximum atomic E-state index is 12.5. The Morgan fingerprint density at radius 2 is 1.32 bits per heavy atom. The molecule has 2 heterocycles. The van der Waals surface area contributed by atoms with Crippen LogP contribution in [0.2, 0.25) is 0 Å². The summed E-state index contributed by atoms with van der Waals surface area (Å²) in [4.78, 5) is 25.1. The predicted octanol–water partition coefficient (Wildman–Crippen LogP) is 2.92. The molecule has 1 aromatic carbocycles. The first-order valence-corrected chi connectivity index (χ1v) is 9.46. The van der Waals surface area contributed by atoms with E-state index < -0.39 is 20.4 Å². The van der Waals surface area contributed by atoms with E-state index in [9.17, 15) is 9.59 Å². The van der Waals surface area contributed by atoms with Crippen molar-refractivity contribution >= 4 is 32.2 Å². The Balaban J connectivity index is 2.24. The molecule has 3 rings (SSSR count). The van der Waals surface area contributed by atoms with Crippen molar-refractivity contribution in [2.75, 3.05) is 0 Å². The first-order chi connectivity index (χ1) is 8.95. The monoisotopic (exact) mass is 372 g/mol. The van der Waals surface area contributed by atoms with E-state index in [1.54, 1.807) is 0 Å². The zero-order valence-electron chi connectivity index (χ0n) is 11.5. The van der Waals surface area contributed by atoms with Gasteiger partial charge in [-0.15, -0.1) is 0 Å². The topological polar surface area (TPSA) is 40.6 Å². The number of benzene rings is 1. The van der Waals surface area contributed by atoms with Crippen molar-refractivity contribution < 1.29 is 9.59 Å². The van der Waals surface area contributed by atoms with Gasteiger partial charge < -0.3 is 0 Å². The van der Waals surface area contributed by atoms with Gasteiger partial charge in [0.1, 0.15) is 0 Å². The molecule has 0 saturated heterocycles. The molecule has 102 valence electrons. The molecule has 0 aliphatic carbocycles. The molecular weight excluding hydrogens is 355 g/mol. The van der Waals surface area contributed by atoms with Gasteiger partial charge in [0.25, 0.3) is 0 Å². The molecule has 0 unspecified atom stereocenters. The fourth-order valence-electron chi connectivity index (χ4n) is 2.53. The van der Waals surface area contributed by atoms with Gasteiger partial charge in [0, 0.05) is 0 Å². The van der Waals surface area contributed by atoms with Crippen LogP contribution in [0.4, 0.5) is 0 Å². The van der Waals surface area contributed by atoms with Crippen LogP contribution in [-0.2, 0) is 0 Å². The van der Waals surface area contributed by atoms with Gasteiger partial charge in [0.2, 0.25) is 0 Å². The van der Waals surface area contributed by atoms with E-state index in [1.165, 1.54) is 0 Å². The zero-order valence-corrected chi connectivity index (χ0v) is 13.6. The molecule has 5 heteroatoms. The summed E-state index contributed by atoms with van der Waals surface area (Å²) in [5, 5.41) is 0. The third-order valence-corrected chi connectivity index (χ3v) is 10.5.